The molecule has 0 fully saturated rings. The first-order valence-corrected chi connectivity index (χ1v) is 7.80. The zero-order chi connectivity index (χ0) is 21.3. The van der Waals surface area contributed by atoms with Crippen LogP contribution >= 0.6 is 0 Å². The lowest BCUT2D eigenvalue weighted by atomic mass is 10.1. The van der Waals surface area contributed by atoms with Crippen molar-refractivity contribution in [1.82, 2.24) is 16.0 Å². The molecule has 0 saturated heterocycles. The van der Waals surface area contributed by atoms with Gasteiger partial charge in [0.15, 0.2) is 6.04 Å². The van der Waals surface area contributed by atoms with Gasteiger partial charge in [-0.05, 0) is 13.8 Å². The van der Waals surface area contributed by atoms with Crippen LogP contribution in [-0.2, 0) is 24.0 Å². The Kier molecular flexibility index (Phi) is 9.92. The molecule has 154 valence electrons. The number of amides is 3. The summed E-state index contributed by atoms with van der Waals surface area (Å²) in [6.45, 7) is 1.63. The van der Waals surface area contributed by atoms with Crippen molar-refractivity contribution in [2.75, 3.05) is 6.54 Å². The van der Waals surface area contributed by atoms with Gasteiger partial charge in [0.25, 0.3) is 0 Å². The van der Waals surface area contributed by atoms with Crippen molar-refractivity contribution in [3.05, 3.63) is 0 Å². The molecule has 0 aromatic rings. The van der Waals surface area contributed by atoms with E-state index in [1.54, 1.807) is 0 Å². The predicted molar refractivity (Wildman–Crippen MR) is 88.1 cm³/mol. The van der Waals surface area contributed by atoms with Gasteiger partial charge < -0.3 is 42.1 Å². The molecule has 27 heavy (non-hydrogen) atoms. The maximum absolute atomic E-state index is 12.0. The zero-order valence-corrected chi connectivity index (χ0v) is 14.7. The number of aliphatic hydroxyl groups excluding tert-OH is 2. The summed E-state index contributed by atoms with van der Waals surface area (Å²) < 4.78 is 0. The van der Waals surface area contributed by atoms with Crippen LogP contribution in [0.5, 0.6) is 0 Å². The van der Waals surface area contributed by atoms with Gasteiger partial charge in [0.05, 0.1) is 25.2 Å². The Balaban J connectivity index is 4.86. The number of nitrogens with two attached hydrogens (primary N) is 1. The quantitative estimate of drug-likeness (QED) is 0.169. The molecule has 13 nitrogen and oxygen atoms in total. The minimum absolute atomic E-state index is 0.732. The molecule has 0 bridgehead atoms. The molecule has 0 rings (SSSR count). The highest BCUT2D eigenvalue weighted by Crippen LogP contribution is 1.97. The highest BCUT2D eigenvalue weighted by Gasteiger charge is 2.29. The summed E-state index contributed by atoms with van der Waals surface area (Å²) in [5, 5.41) is 42.2. The SMILES string of the molecule is CC(O)C(N)C(=O)NC(CC(=O)O)C(=O)NCC(=O)NC(C(=O)O)C(C)O. The topological polar surface area (TPSA) is 228 Å². The zero-order valence-electron chi connectivity index (χ0n) is 14.7. The van der Waals surface area contributed by atoms with E-state index in [4.69, 9.17) is 15.9 Å². The lowest BCUT2D eigenvalue weighted by Crippen LogP contribution is -2.56. The van der Waals surface area contributed by atoms with Crippen LogP contribution in [0.2, 0.25) is 0 Å². The van der Waals surface area contributed by atoms with Crippen LogP contribution in [0.3, 0.4) is 0 Å². The average Bonchev–Trinajstić information content (AvgIpc) is 2.54. The number of carbonyl (C=O) groups excluding carboxylic acids is 3. The largest absolute Gasteiger partial charge is 0.481 e. The van der Waals surface area contributed by atoms with E-state index < -0.39 is 73.0 Å². The third-order valence-electron chi connectivity index (χ3n) is 3.32. The summed E-state index contributed by atoms with van der Waals surface area (Å²) in [5.74, 6) is -5.89. The highest BCUT2D eigenvalue weighted by atomic mass is 16.4. The molecule has 0 aliphatic rings. The van der Waals surface area contributed by atoms with Gasteiger partial charge in [-0.2, -0.15) is 0 Å². The molecule has 0 aromatic heterocycles. The van der Waals surface area contributed by atoms with E-state index >= 15 is 0 Å². The van der Waals surface area contributed by atoms with Crippen molar-refractivity contribution in [2.24, 2.45) is 5.73 Å². The first-order chi connectivity index (χ1) is 12.4. The fourth-order valence-electron chi connectivity index (χ4n) is 1.77. The second-order valence-corrected chi connectivity index (χ2v) is 5.77. The molecule has 0 radical (unpaired) electrons. The number of rotatable bonds is 11. The molecule has 0 heterocycles. The van der Waals surface area contributed by atoms with Crippen LogP contribution in [0.4, 0.5) is 0 Å². The fraction of sp³-hybridized carbons (Fsp3) is 0.643. The van der Waals surface area contributed by atoms with Crippen LogP contribution < -0.4 is 21.7 Å². The summed E-state index contributed by atoms with van der Waals surface area (Å²) in [5.41, 5.74) is 5.39. The Morgan fingerprint density at radius 1 is 0.926 bits per heavy atom. The van der Waals surface area contributed by atoms with Crippen molar-refractivity contribution in [3.8, 4) is 0 Å². The van der Waals surface area contributed by atoms with E-state index in [2.05, 4.69) is 0 Å². The number of aliphatic carboxylic acids is 2. The number of nitrogens with one attached hydrogen (secondary N) is 3. The Hall–Kier alpha value is -2.77. The number of carbonyl (C=O) groups is 5. The lowest BCUT2D eigenvalue weighted by Gasteiger charge is -2.21. The van der Waals surface area contributed by atoms with Crippen LogP contribution in [0.15, 0.2) is 0 Å². The van der Waals surface area contributed by atoms with Crippen molar-refractivity contribution < 1.29 is 44.4 Å². The molecule has 5 atom stereocenters. The second kappa shape index (κ2) is 11.1. The summed E-state index contributed by atoms with van der Waals surface area (Å²) >= 11 is 0. The number of carboxylic acids is 2. The smallest absolute Gasteiger partial charge is 0.328 e. The van der Waals surface area contributed by atoms with E-state index in [9.17, 15) is 34.2 Å². The molecule has 0 saturated carbocycles. The summed E-state index contributed by atoms with van der Waals surface area (Å²) in [6.07, 6.45) is -3.47. The van der Waals surface area contributed by atoms with Gasteiger partial charge in [-0.15, -0.1) is 0 Å². The molecular weight excluding hydrogens is 368 g/mol. The van der Waals surface area contributed by atoms with E-state index in [0.29, 0.717) is 0 Å². The predicted octanol–water partition coefficient (Wildman–Crippen LogP) is -4.28. The molecule has 9 N–H and O–H groups in total. The van der Waals surface area contributed by atoms with Gasteiger partial charge in [0.1, 0.15) is 12.1 Å². The number of hydrogen-bond donors (Lipinski definition) is 8. The molecule has 0 aromatic carbocycles. The Morgan fingerprint density at radius 2 is 1.48 bits per heavy atom. The van der Waals surface area contributed by atoms with Gasteiger partial charge in [-0.25, -0.2) is 4.79 Å². The standard InChI is InChI=1S/C14H24N4O9/c1-5(19)10(15)13(25)17-7(3-9(22)23)12(24)16-4-8(21)18-11(6(2)20)14(26)27/h5-7,10-11,19-20H,3-4,15H2,1-2H3,(H,16,24)(H,17,25)(H,18,21)(H,22,23)(H,26,27). The third kappa shape index (κ3) is 8.94. The van der Waals surface area contributed by atoms with Gasteiger partial charge >= 0.3 is 11.9 Å². The van der Waals surface area contributed by atoms with Crippen LogP contribution in [0.25, 0.3) is 0 Å². The first-order valence-electron chi connectivity index (χ1n) is 7.80. The normalized spacial score (nSPS) is 16.2. The van der Waals surface area contributed by atoms with Gasteiger partial charge in [-0.1, -0.05) is 0 Å². The van der Waals surface area contributed by atoms with Crippen LogP contribution in [-0.4, -0.2) is 87.0 Å². The number of hydrogen-bond acceptors (Lipinski definition) is 8. The van der Waals surface area contributed by atoms with Crippen LogP contribution in [0, 0.1) is 0 Å². The van der Waals surface area contributed by atoms with Crippen LogP contribution in [0.1, 0.15) is 20.3 Å². The summed E-state index contributed by atoms with van der Waals surface area (Å²) in [6, 6.07) is -4.59. The molecular formula is C14H24N4O9. The highest BCUT2D eigenvalue weighted by molar-refractivity contribution is 5.94. The summed E-state index contributed by atoms with van der Waals surface area (Å²) in [4.78, 5) is 57.2. The lowest BCUT2D eigenvalue weighted by molar-refractivity contribution is -0.145. The average molecular weight is 392 g/mol. The van der Waals surface area contributed by atoms with E-state index in [1.807, 2.05) is 16.0 Å². The maximum Gasteiger partial charge on any atom is 0.328 e. The first kappa shape index (κ1) is 24.2. The number of aliphatic hydroxyl groups is 2. The van der Waals surface area contributed by atoms with E-state index in [0.717, 1.165) is 6.92 Å². The Labute approximate surface area is 153 Å². The Morgan fingerprint density at radius 3 is 1.89 bits per heavy atom. The van der Waals surface area contributed by atoms with Gasteiger partial charge in [0, 0.05) is 0 Å². The van der Waals surface area contributed by atoms with Gasteiger partial charge in [0.2, 0.25) is 17.7 Å². The van der Waals surface area contributed by atoms with E-state index in [1.165, 1.54) is 6.92 Å². The van der Waals surface area contributed by atoms with Crippen molar-refractivity contribution in [1.29, 1.82) is 0 Å². The van der Waals surface area contributed by atoms with Gasteiger partial charge in [-0.3, -0.25) is 19.2 Å². The minimum atomic E-state index is -1.60. The molecule has 5 unspecified atom stereocenters. The summed E-state index contributed by atoms with van der Waals surface area (Å²) in [7, 11) is 0. The van der Waals surface area contributed by atoms with E-state index in [-0.39, 0.29) is 0 Å². The Bertz CT molecular complexity index is 579. The third-order valence-corrected chi connectivity index (χ3v) is 3.32. The molecule has 13 heteroatoms. The monoisotopic (exact) mass is 392 g/mol. The maximum atomic E-state index is 12.0. The second-order valence-electron chi connectivity index (χ2n) is 5.77. The molecule has 0 spiro atoms. The van der Waals surface area contributed by atoms with Crippen molar-refractivity contribution >= 4 is 29.7 Å². The minimum Gasteiger partial charge on any atom is -0.481 e. The van der Waals surface area contributed by atoms with Crippen molar-refractivity contribution in [3.63, 3.8) is 0 Å². The number of carboxylic acid groups (broad SMARTS) is 2. The molecule has 0 aliphatic heterocycles. The van der Waals surface area contributed by atoms with Crippen molar-refractivity contribution in [2.45, 2.75) is 50.6 Å². The molecule has 3 amide bonds. The fourth-order valence-corrected chi connectivity index (χ4v) is 1.77. The molecule has 0 aliphatic carbocycles.